The summed E-state index contributed by atoms with van der Waals surface area (Å²) in [5.41, 5.74) is 0.153. The zero-order valence-corrected chi connectivity index (χ0v) is 25.5. The number of aromatic hydroxyl groups is 1. The number of piperidine rings is 1. The number of esters is 1. The predicted molar refractivity (Wildman–Crippen MR) is 159 cm³/mol. The van der Waals surface area contributed by atoms with Gasteiger partial charge in [-0.2, -0.15) is 4.72 Å². The van der Waals surface area contributed by atoms with Gasteiger partial charge in [0.1, 0.15) is 11.3 Å². The summed E-state index contributed by atoms with van der Waals surface area (Å²) in [6, 6.07) is 11.1. The first-order chi connectivity index (χ1) is 19.8. The number of benzene rings is 2. The van der Waals surface area contributed by atoms with E-state index in [1.807, 2.05) is 0 Å². The Labute approximate surface area is 247 Å². The average Bonchev–Trinajstić information content (AvgIpc) is 3.42. The molecule has 0 unspecified atom stereocenters. The summed E-state index contributed by atoms with van der Waals surface area (Å²) in [6.45, 7) is 3.60. The molecule has 232 valence electrons. The Balaban J connectivity index is 1.30. The lowest BCUT2D eigenvalue weighted by molar-refractivity contribution is -0.150. The molecule has 12 nitrogen and oxygen atoms in total. The highest BCUT2D eigenvalue weighted by molar-refractivity contribution is 7.92. The van der Waals surface area contributed by atoms with E-state index in [0.29, 0.717) is 18.4 Å². The van der Waals surface area contributed by atoms with Crippen molar-refractivity contribution in [2.24, 2.45) is 0 Å². The van der Waals surface area contributed by atoms with E-state index in [4.69, 9.17) is 4.74 Å². The maximum absolute atomic E-state index is 13.2. The van der Waals surface area contributed by atoms with Crippen molar-refractivity contribution in [3.63, 3.8) is 0 Å². The minimum Gasteiger partial charge on any atom is -0.506 e. The predicted octanol–water partition coefficient (Wildman–Crippen LogP) is 2.21. The lowest BCUT2D eigenvalue weighted by Crippen LogP contribution is -2.53. The van der Waals surface area contributed by atoms with Gasteiger partial charge in [0, 0.05) is 31.4 Å². The van der Waals surface area contributed by atoms with Crippen LogP contribution in [0.15, 0.2) is 47.4 Å². The van der Waals surface area contributed by atoms with Crippen LogP contribution in [0.2, 0.25) is 0 Å². The van der Waals surface area contributed by atoms with E-state index in [-0.39, 0.29) is 35.5 Å². The number of carbonyl (C=O) groups excluding carboxylic acids is 1. The van der Waals surface area contributed by atoms with Gasteiger partial charge in [0.05, 0.1) is 29.5 Å². The number of nitrogens with zero attached hydrogens (tertiary/aromatic N) is 1. The zero-order chi connectivity index (χ0) is 30.5. The third-order valence-corrected chi connectivity index (χ3v) is 9.90. The van der Waals surface area contributed by atoms with Crippen LogP contribution >= 0.6 is 0 Å². The second kappa shape index (κ2) is 13.2. The van der Waals surface area contributed by atoms with Gasteiger partial charge >= 0.3 is 5.97 Å². The van der Waals surface area contributed by atoms with Gasteiger partial charge in [-0.25, -0.2) is 16.8 Å². The molecular weight excluding hydrogens is 584 g/mol. The Hall–Kier alpha value is -2.91. The number of sulfonamides is 2. The SMILES string of the molecule is CCOC(=O)C1(NS(=O)(=O)c2ccc(N3CCC(NC[C@H](O)c4ccc(O)c(NS(C)(=O)=O)c4)CC3)cc2)CCCC1. The number of carbonyl (C=O) groups is 1. The number of aliphatic hydroxyl groups is 1. The molecule has 1 saturated heterocycles. The van der Waals surface area contributed by atoms with Gasteiger partial charge in [-0.15, -0.1) is 0 Å². The van der Waals surface area contributed by atoms with E-state index in [2.05, 4.69) is 19.7 Å². The van der Waals surface area contributed by atoms with Crippen LogP contribution in [0.3, 0.4) is 0 Å². The second-order valence-electron chi connectivity index (χ2n) is 10.9. The average molecular weight is 625 g/mol. The monoisotopic (exact) mass is 624 g/mol. The second-order valence-corrected chi connectivity index (χ2v) is 14.4. The molecule has 1 heterocycles. The van der Waals surface area contributed by atoms with Crippen molar-refractivity contribution in [2.75, 3.05) is 42.1 Å². The topological polar surface area (TPSA) is 174 Å². The molecule has 1 saturated carbocycles. The summed E-state index contributed by atoms with van der Waals surface area (Å²) in [5.74, 6) is -0.753. The summed E-state index contributed by atoms with van der Waals surface area (Å²) < 4.78 is 59.4. The van der Waals surface area contributed by atoms with Crippen molar-refractivity contribution < 1.29 is 36.6 Å². The summed E-state index contributed by atoms with van der Waals surface area (Å²) in [7, 11) is -7.51. The van der Waals surface area contributed by atoms with Gasteiger partial charge in [-0.1, -0.05) is 18.9 Å². The van der Waals surface area contributed by atoms with E-state index in [1.165, 1.54) is 12.1 Å². The maximum atomic E-state index is 13.2. The first-order valence-corrected chi connectivity index (χ1v) is 17.5. The number of rotatable bonds is 12. The molecule has 1 atom stereocenters. The van der Waals surface area contributed by atoms with Crippen LogP contribution in [0.1, 0.15) is 57.1 Å². The van der Waals surface area contributed by atoms with Crippen LogP contribution in [0.4, 0.5) is 11.4 Å². The van der Waals surface area contributed by atoms with Gasteiger partial charge < -0.3 is 25.2 Å². The Bertz CT molecular complexity index is 1450. The van der Waals surface area contributed by atoms with Gasteiger partial charge in [-0.05, 0) is 74.6 Å². The molecule has 5 N–H and O–H groups in total. The van der Waals surface area contributed by atoms with Crippen LogP contribution in [0, 0.1) is 0 Å². The van der Waals surface area contributed by atoms with E-state index >= 15 is 0 Å². The molecule has 0 spiro atoms. The minimum atomic E-state index is -3.93. The van der Waals surface area contributed by atoms with E-state index in [9.17, 15) is 31.8 Å². The molecule has 1 aliphatic heterocycles. The van der Waals surface area contributed by atoms with Crippen LogP contribution in [0.5, 0.6) is 5.75 Å². The number of hydrogen-bond donors (Lipinski definition) is 5. The Morgan fingerprint density at radius 3 is 2.31 bits per heavy atom. The fourth-order valence-corrected chi connectivity index (χ4v) is 7.51. The number of hydrogen-bond acceptors (Lipinski definition) is 10. The van der Waals surface area contributed by atoms with Crippen LogP contribution in [-0.4, -0.2) is 77.1 Å². The standard InChI is InChI=1S/C28H40N4O8S2/c1-3-40-27(35)28(14-4-5-15-28)31-42(38,39)23-9-7-22(8-10-23)32-16-12-21(13-17-32)29-19-26(34)20-6-11-25(33)24(18-20)30-41(2,36)37/h6-11,18,21,26,29-31,33-34H,3-5,12-17,19H2,1-2H3/t26-/m0/s1. The zero-order valence-electron chi connectivity index (χ0n) is 23.9. The third kappa shape index (κ3) is 7.92. The van der Waals surface area contributed by atoms with E-state index < -0.39 is 37.7 Å². The highest BCUT2D eigenvalue weighted by Gasteiger charge is 2.45. The van der Waals surface area contributed by atoms with E-state index in [0.717, 1.165) is 50.7 Å². The smallest absolute Gasteiger partial charge is 0.327 e. The van der Waals surface area contributed by atoms with Crippen molar-refractivity contribution in [1.29, 1.82) is 0 Å². The summed E-state index contributed by atoms with van der Waals surface area (Å²) in [4.78, 5) is 14.8. The summed E-state index contributed by atoms with van der Waals surface area (Å²) in [6.07, 6.45) is 4.02. The number of ether oxygens (including phenoxy) is 1. The molecule has 0 bridgehead atoms. The minimum absolute atomic E-state index is 0.00833. The fraction of sp³-hybridized carbons (Fsp3) is 0.536. The van der Waals surface area contributed by atoms with Crippen molar-refractivity contribution in [3.8, 4) is 5.75 Å². The molecule has 2 aromatic carbocycles. The van der Waals surface area contributed by atoms with Crippen molar-refractivity contribution >= 4 is 37.4 Å². The normalized spacial score (nSPS) is 18.5. The molecule has 1 aliphatic carbocycles. The van der Waals surface area contributed by atoms with Gasteiger partial charge in [0.15, 0.2) is 0 Å². The molecule has 2 aliphatic rings. The molecule has 42 heavy (non-hydrogen) atoms. The molecule has 0 amide bonds. The van der Waals surface area contributed by atoms with E-state index in [1.54, 1.807) is 37.3 Å². The van der Waals surface area contributed by atoms with Gasteiger partial charge in [-0.3, -0.25) is 9.52 Å². The number of phenolic OH excluding ortho intramolecular Hbond substituents is 1. The van der Waals surface area contributed by atoms with Crippen LogP contribution in [0.25, 0.3) is 0 Å². The Morgan fingerprint density at radius 2 is 1.71 bits per heavy atom. The number of anilines is 2. The van der Waals surface area contributed by atoms with Crippen LogP contribution in [-0.2, 0) is 29.6 Å². The molecule has 0 radical (unpaired) electrons. The highest BCUT2D eigenvalue weighted by atomic mass is 32.2. The number of aliphatic hydroxyl groups excluding tert-OH is 1. The number of nitrogens with one attached hydrogen (secondary N) is 3. The lowest BCUT2D eigenvalue weighted by atomic mass is 10.00. The Kier molecular flexibility index (Phi) is 10.0. The Morgan fingerprint density at radius 1 is 1.07 bits per heavy atom. The molecule has 0 aromatic heterocycles. The maximum Gasteiger partial charge on any atom is 0.327 e. The summed E-state index contributed by atoms with van der Waals surface area (Å²) >= 11 is 0. The lowest BCUT2D eigenvalue weighted by Gasteiger charge is -2.34. The van der Waals surface area contributed by atoms with Crippen molar-refractivity contribution in [3.05, 3.63) is 48.0 Å². The van der Waals surface area contributed by atoms with Crippen molar-refractivity contribution in [2.45, 2.75) is 68.0 Å². The number of phenols is 1. The highest BCUT2D eigenvalue weighted by Crippen LogP contribution is 2.33. The first-order valence-electron chi connectivity index (χ1n) is 14.1. The molecule has 2 fully saturated rings. The molecule has 14 heteroatoms. The van der Waals surface area contributed by atoms with Gasteiger partial charge in [0.2, 0.25) is 20.0 Å². The first kappa shape index (κ1) is 32.0. The van der Waals surface area contributed by atoms with Crippen LogP contribution < -0.4 is 19.7 Å². The molecule has 2 aromatic rings. The molecular formula is C28H40N4O8S2. The largest absolute Gasteiger partial charge is 0.506 e. The fourth-order valence-electron chi connectivity index (χ4n) is 5.53. The van der Waals surface area contributed by atoms with Crippen molar-refractivity contribution in [1.82, 2.24) is 10.0 Å². The quantitative estimate of drug-likeness (QED) is 0.174. The van der Waals surface area contributed by atoms with Gasteiger partial charge in [0.25, 0.3) is 0 Å². The third-order valence-electron chi connectivity index (χ3n) is 7.76. The molecule has 4 rings (SSSR count). The summed E-state index contributed by atoms with van der Waals surface area (Å²) in [5, 5.41) is 23.9.